The summed E-state index contributed by atoms with van der Waals surface area (Å²) in [7, 11) is 0. The third-order valence-corrected chi connectivity index (χ3v) is 6.79. The minimum atomic E-state index is -0.492. The van der Waals surface area contributed by atoms with E-state index < -0.39 is 5.97 Å². The van der Waals surface area contributed by atoms with E-state index in [1.54, 1.807) is 31.2 Å². The molecule has 0 spiro atoms. The highest BCUT2D eigenvalue weighted by Crippen LogP contribution is 2.36. The van der Waals surface area contributed by atoms with Gasteiger partial charge in [0.1, 0.15) is 0 Å². The third kappa shape index (κ3) is 6.08. The number of benzene rings is 3. The molecule has 9 heteroatoms. The first-order chi connectivity index (χ1) is 16.8. The van der Waals surface area contributed by atoms with Crippen LogP contribution in [0.3, 0.4) is 0 Å². The number of carbonyl (C=O) groups excluding carboxylic acids is 2. The van der Waals surface area contributed by atoms with E-state index in [4.69, 9.17) is 16.3 Å². The number of hydrogen-bond donors (Lipinski definition) is 2. The Labute approximate surface area is 220 Å². The van der Waals surface area contributed by atoms with Crippen LogP contribution in [0, 0.1) is 6.92 Å². The van der Waals surface area contributed by atoms with Crippen LogP contribution in [0.5, 0.6) is 0 Å². The molecule has 0 fully saturated rings. The van der Waals surface area contributed by atoms with Crippen LogP contribution in [0.1, 0.15) is 33.3 Å². The van der Waals surface area contributed by atoms with Crippen LogP contribution in [0.4, 0.5) is 16.5 Å². The highest BCUT2D eigenvalue weighted by molar-refractivity contribution is 9.10. The topological polar surface area (TPSA) is 80.3 Å². The van der Waals surface area contributed by atoms with Crippen molar-refractivity contribution in [2.75, 3.05) is 17.2 Å². The van der Waals surface area contributed by atoms with Gasteiger partial charge in [0.2, 0.25) is 0 Å². The van der Waals surface area contributed by atoms with Crippen LogP contribution in [-0.2, 0) is 4.74 Å². The standard InChI is InChI=1S/C26H21BrClN3O3S/c1-3-34-25(33)22-23(16-8-10-19(28)11-9-16)35-26(31-22)30-21-14-20(12-7-15(21)2)29-24(32)17-5-4-6-18(27)13-17/h4-14H,3H2,1-2H3,(H,29,32)(H,30,31). The number of hydrogen-bond acceptors (Lipinski definition) is 6. The average molecular weight is 571 g/mol. The van der Waals surface area contributed by atoms with Gasteiger partial charge in [-0.05, 0) is 67.4 Å². The van der Waals surface area contributed by atoms with Gasteiger partial charge in [-0.25, -0.2) is 9.78 Å². The summed E-state index contributed by atoms with van der Waals surface area (Å²) in [4.78, 5) is 30.5. The van der Waals surface area contributed by atoms with Gasteiger partial charge in [-0.2, -0.15) is 0 Å². The number of ether oxygens (including phenoxy) is 1. The van der Waals surface area contributed by atoms with E-state index in [1.165, 1.54) is 11.3 Å². The SMILES string of the molecule is CCOC(=O)c1nc(Nc2cc(NC(=O)c3cccc(Br)c3)ccc2C)sc1-c1ccc(Cl)cc1. The van der Waals surface area contributed by atoms with Crippen molar-refractivity contribution in [2.45, 2.75) is 13.8 Å². The maximum absolute atomic E-state index is 12.7. The number of rotatable bonds is 7. The number of nitrogens with one attached hydrogen (secondary N) is 2. The Morgan fingerprint density at radius 2 is 1.86 bits per heavy atom. The summed E-state index contributed by atoms with van der Waals surface area (Å²) in [5.74, 6) is -0.710. The number of amides is 1. The zero-order valence-corrected chi connectivity index (χ0v) is 22.1. The lowest BCUT2D eigenvalue weighted by Crippen LogP contribution is -2.12. The molecule has 0 bridgehead atoms. The highest BCUT2D eigenvalue weighted by Gasteiger charge is 2.21. The maximum Gasteiger partial charge on any atom is 0.358 e. The van der Waals surface area contributed by atoms with Gasteiger partial charge < -0.3 is 15.4 Å². The fraction of sp³-hybridized carbons (Fsp3) is 0.115. The van der Waals surface area contributed by atoms with Crippen LogP contribution in [0.2, 0.25) is 5.02 Å². The molecule has 3 aromatic carbocycles. The van der Waals surface area contributed by atoms with Gasteiger partial charge in [0.15, 0.2) is 10.8 Å². The number of esters is 1. The second-order valence-corrected chi connectivity index (χ2v) is 9.89. The Morgan fingerprint density at radius 3 is 2.57 bits per heavy atom. The number of aromatic nitrogens is 1. The van der Waals surface area contributed by atoms with Crippen LogP contribution in [-0.4, -0.2) is 23.5 Å². The van der Waals surface area contributed by atoms with Crippen molar-refractivity contribution in [3.63, 3.8) is 0 Å². The van der Waals surface area contributed by atoms with Crippen molar-refractivity contribution in [2.24, 2.45) is 0 Å². The molecule has 2 N–H and O–H groups in total. The zero-order chi connectivity index (χ0) is 24.9. The van der Waals surface area contributed by atoms with Gasteiger partial charge in [0.25, 0.3) is 5.91 Å². The van der Waals surface area contributed by atoms with Crippen molar-refractivity contribution < 1.29 is 14.3 Å². The average Bonchev–Trinajstić information content (AvgIpc) is 3.26. The van der Waals surface area contributed by atoms with Crippen LogP contribution in [0.25, 0.3) is 10.4 Å². The molecule has 0 saturated carbocycles. The van der Waals surface area contributed by atoms with E-state index in [0.29, 0.717) is 26.3 Å². The van der Waals surface area contributed by atoms with E-state index in [1.807, 2.05) is 49.4 Å². The van der Waals surface area contributed by atoms with E-state index in [0.717, 1.165) is 21.3 Å². The fourth-order valence-corrected chi connectivity index (χ4v) is 4.79. The minimum absolute atomic E-state index is 0.218. The second-order valence-electron chi connectivity index (χ2n) is 7.54. The maximum atomic E-state index is 12.7. The lowest BCUT2D eigenvalue weighted by molar-refractivity contribution is 0.0521. The van der Waals surface area contributed by atoms with Crippen molar-refractivity contribution in [3.05, 3.63) is 93.0 Å². The van der Waals surface area contributed by atoms with Gasteiger partial charge in [-0.3, -0.25) is 4.79 Å². The number of carbonyl (C=O) groups is 2. The predicted molar refractivity (Wildman–Crippen MR) is 145 cm³/mol. The predicted octanol–water partition coefficient (Wildman–Crippen LogP) is 7.71. The lowest BCUT2D eigenvalue weighted by Gasteiger charge is -2.11. The van der Waals surface area contributed by atoms with Gasteiger partial charge in [-0.15, -0.1) is 0 Å². The highest BCUT2D eigenvalue weighted by atomic mass is 79.9. The molecule has 0 saturated heterocycles. The van der Waals surface area contributed by atoms with Crippen LogP contribution < -0.4 is 10.6 Å². The smallest absolute Gasteiger partial charge is 0.358 e. The third-order valence-electron chi connectivity index (χ3n) is 5.03. The second kappa shape index (κ2) is 11.0. The van der Waals surface area contributed by atoms with Crippen molar-refractivity contribution in [3.8, 4) is 10.4 Å². The Hall–Kier alpha value is -3.20. The summed E-state index contributed by atoms with van der Waals surface area (Å²) in [5, 5.41) is 7.33. The monoisotopic (exact) mass is 569 g/mol. The van der Waals surface area contributed by atoms with Gasteiger partial charge in [-0.1, -0.05) is 63.1 Å². The summed E-state index contributed by atoms with van der Waals surface area (Å²) >= 11 is 10.8. The van der Waals surface area contributed by atoms with Crippen molar-refractivity contribution >= 4 is 67.3 Å². The molecule has 0 radical (unpaired) electrons. The summed E-state index contributed by atoms with van der Waals surface area (Å²) in [6, 6.07) is 20.0. The number of anilines is 3. The Bertz CT molecular complexity index is 1390. The zero-order valence-electron chi connectivity index (χ0n) is 18.9. The first kappa shape index (κ1) is 24.9. The molecule has 6 nitrogen and oxygen atoms in total. The molecule has 0 aliphatic carbocycles. The lowest BCUT2D eigenvalue weighted by atomic mass is 10.1. The largest absolute Gasteiger partial charge is 0.461 e. The molecular formula is C26H21BrClN3O3S. The van der Waals surface area contributed by atoms with E-state index >= 15 is 0 Å². The first-order valence-electron chi connectivity index (χ1n) is 10.7. The summed E-state index contributed by atoms with van der Waals surface area (Å²) in [6.45, 7) is 3.95. The summed E-state index contributed by atoms with van der Waals surface area (Å²) in [5.41, 5.74) is 3.92. The molecule has 4 aromatic rings. The number of aryl methyl sites for hydroxylation is 1. The molecule has 1 amide bonds. The Morgan fingerprint density at radius 1 is 1.09 bits per heavy atom. The normalized spacial score (nSPS) is 10.6. The first-order valence-corrected chi connectivity index (χ1v) is 12.7. The summed E-state index contributed by atoms with van der Waals surface area (Å²) in [6.07, 6.45) is 0. The molecule has 178 valence electrons. The summed E-state index contributed by atoms with van der Waals surface area (Å²) < 4.78 is 6.04. The van der Waals surface area contributed by atoms with E-state index in [2.05, 4.69) is 31.5 Å². The van der Waals surface area contributed by atoms with E-state index in [-0.39, 0.29) is 18.2 Å². The number of thiazole rings is 1. The van der Waals surface area contributed by atoms with Gasteiger partial charge in [0.05, 0.1) is 11.5 Å². The van der Waals surface area contributed by atoms with E-state index in [9.17, 15) is 9.59 Å². The molecule has 1 heterocycles. The Balaban J connectivity index is 1.62. The van der Waals surface area contributed by atoms with Crippen molar-refractivity contribution in [1.29, 1.82) is 0 Å². The van der Waals surface area contributed by atoms with Crippen LogP contribution in [0.15, 0.2) is 71.2 Å². The number of nitrogens with zero attached hydrogens (tertiary/aromatic N) is 1. The molecule has 0 atom stereocenters. The molecule has 35 heavy (non-hydrogen) atoms. The molecule has 4 rings (SSSR count). The number of halogens is 2. The molecule has 1 aromatic heterocycles. The molecule has 0 aliphatic rings. The van der Waals surface area contributed by atoms with Gasteiger partial charge in [0, 0.05) is 26.4 Å². The van der Waals surface area contributed by atoms with Crippen molar-refractivity contribution in [1.82, 2.24) is 4.98 Å². The molecule has 0 aliphatic heterocycles. The van der Waals surface area contributed by atoms with Crippen LogP contribution >= 0.6 is 38.9 Å². The molecular weight excluding hydrogens is 550 g/mol. The Kier molecular flexibility index (Phi) is 7.85. The minimum Gasteiger partial charge on any atom is -0.461 e. The van der Waals surface area contributed by atoms with Gasteiger partial charge >= 0.3 is 5.97 Å². The fourth-order valence-electron chi connectivity index (χ4n) is 3.29. The molecule has 0 unspecified atom stereocenters. The quantitative estimate of drug-likeness (QED) is 0.223.